The zero-order valence-electron chi connectivity index (χ0n) is 22.6. The molecular formula is C29H41N3O4S. The Morgan fingerprint density at radius 2 is 1.68 bits per heavy atom. The van der Waals surface area contributed by atoms with E-state index in [2.05, 4.69) is 5.32 Å². The molecule has 0 aromatic heterocycles. The number of sulfonamides is 1. The second kappa shape index (κ2) is 13.1. The second-order valence-electron chi connectivity index (χ2n) is 10.2. The number of nitrogens with zero attached hydrogens (tertiary/aromatic N) is 2. The van der Waals surface area contributed by atoms with Crippen LogP contribution >= 0.6 is 0 Å². The summed E-state index contributed by atoms with van der Waals surface area (Å²) in [6.45, 7) is 6.38. The summed E-state index contributed by atoms with van der Waals surface area (Å²) in [7, 11) is -3.51. The molecule has 0 unspecified atom stereocenters. The van der Waals surface area contributed by atoms with Crippen LogP contribution in [-0.4, -0.2) is 50.0 Å². The van der Waals surface area contributed by atoms with Gasteiger partial charge in [-0.3, -0.25) is 13.9 Å². The van der Waals surface area contributed by atoms with E-state index in [1.807, 2.05) is 63.2 Å². The summed E-state index contributed by atoms with van der Waals surface area (Å²) in [6.07, 6.45) is 6.39. The molecule has 2 amide bonds. The fourth-order valence-corrected chi connectivity index (χ4v) is 6.04. The molecule has 1 atom stereocenters. The number of carbonyl (C=O) groups is 2. The quantitative estimate of drug-likeness (QED) is 0.433. The lowest BCUT2D eigenvalue weighted by Gasteiger charge is -2.32. The summed E-state index contributed by atoms with van der Waals surface area (Å²) in [5.74, 6) is -0.249. The van der Waals surface area contributed by atoms with E-state index in [1.165, 1.54) is 10.6 Å². The third-order valence-corrected chi connectivity index (χ3v) is 8.16. The van der Waals surface area contributed by atoms with E-state index in [1.54, 1.807) is 11.0 Å². The molecule has 1 N–H and O–H groups in total. The highest BCUT2D eigenvalue weighted by molar-refractivity contribution is 7.92. The van der Waals surface area contributed by atoms with Crippen LogP contribution in [0, 0.1) is 13.8 Å². The van der Waals surface area contributed by atoms with Crippen LogP contribution in [0.25, 0.3) is 0 Å². The molecule has 7 nitrogen and oxygen atoms in total. The topological polar surface area (TPSA) is 86.8 Å². The van der Waals surface area contributed by atoms with Gasteiger partial charge in [-0.15, -0.1) is 0 Å². The lowest BCUT2D eigenvalue weighted by atomic mass is 10.1. The standard InChI is InChI=1S/C29H41N3O4S/c1-5-27(29(34)30-25-14-6-7-15-25)31(21-24-13-8-11-22(2)19-24)28(33)17-10-18-32(37(4,35)36)26-16-9-12-23(3)20-26/h8-9,11-13,16,19-20,25,27H,5-7,10,14-15,17-18,21H2,1-4H3,(H,30,34)/t27-/m1/s1. The van der Waals surface area contributed by atoms with Crippen molar-refractivity contribution in [2.24, 2.45) is 0 Å². The van der Waals surface area contributed by atoms with Gasteiger partial charge < -0.3 is 10.2 Å². The summed E-state index contributed by atoms with van der Waals surface area (Å²) in [5.41, 5.74) is 3.62. The number of hydrogen-bond donors (Lipinski definition) is 1. The summed E-state index contributed by atoms with van der Waals surface area (Å²) in [4.78, 5) is 28.5. The molecule has 0 aliphatic heterocycles. The van der Waals surface area contributed by atoms with Crippen LogP contribution in [0.4, 0.5) is 5.69 Å². The molecule has 1 aliphatic rings. The van der Waals surface area contributed by atoms with Gasteiger partial charge in [-0.1, -0.05) is 61.7 Å². The molecule has 0 bridgehead atoms. The largest absolute Gasteiger partial charge is 0.352 e. The van der Waals surface area contributed by atoms with Gasteiger partial charge in [-0.25, -0.2) is 8.42 Å². The van der Waals surface area contributed by atoms with E-state index in [-0.39, 0.29) is 30.8 Å². The molecule has 0 saturated heterocycles. The minimum Gasteiger partial charge on any atom is -0.352 e. The molecular weight excluding hydrogens is 486 g/mol. The Morgan fingerprint density at radius 3 is 2.27 bits per heavy atom. The normalized spacial score (nSPS) is 14.8. The van der Waals surface area contributed by atoms with Gasteiger partial charge in [-0.05, 0) is 62.8 Å². The first-order valence-corrected chi connectivity index (χ1v) is 15.1. The van der Waals surface area contributed by atoms with Gasteiger partial charge in [0.2, 0.25) is 21.8 Å². The third kappa shape index (κ3) is 8.32. The number of aryl methyl sites for hydroxylation is 2. The van der Waals surface area contributed by atoms with Crippen LogP contribution in [0.15, 0.2) is 48.5 Å². The van der Waals surface area contributed by atoms with Crippen molar-refractivity contribution in [1.29, 1.82) is 0 Å². The van der Waals surface area contributed by atoms with Crippen LogP contribution in [0.2, 0.25) is 0 Å². The van der Waals surface area contributed by atoms with Crippen molar-refractivity contribution < 1.29 is 18.0 Å². The molecule has 1 fully saturated rings. The summed E-state index contributed by atoms with van der Waals surface area (Å²) < 4.78 is 26.4. The maximum Gasteiger partial charge on any atom is 0.243 e. The van der Waals surface area contributed by atoms with Crippen LogP contribution < -0.4 is 9.62 Å². The molecule has 2 aromatic carbocycles. The SMILES string of the molecule is CC[C@H](C(=O)NC1CCCC1)N(Cc1cccc(C)c1)C(=O)CCCN(c1cccc(C)c1)S(C)(=O)=O. The second-order valence-corrected chi connectivity index (χ2v) is 12.1. The molecule has 1 aliphatic carbocycles. The number of amides is 2. The van der Waals surface area contributed by atoms with Crippen molar-refractivity contribution in [1.82, 2.24) is 10.2 Å². The van der Waals surface area contributed by atoms with Gasteiger partial charge in [0.25, 0.3) is 0 Å². The zero-order chi connectivity index (χ0) is 27.0. The molecule has 202 valence electrons. The van der Waals surface area contributed by atoms with Crippen LogP contribution in [0.5, 0.6) is 0 Å². The van der Waals surface area contributed by atoms with Crippen molar-refractivity contribution in [2.75, 3.05) is 17.1 Å². The fraction of sp³-hybridized carbons (Fsp3) is 0.517. The molecule has 0 radical (unpaired) electrons. The number of anilines is 1. The fourth-order valence-electron chi connectivity index (χ4n) is 5.08. The van der Waals surface area contributed by atoms with E-state index in [0.717, 1.165) is 42.4 Å². The first-order chi connectivity index (χ1) is 17.6. The molecule has 37 heavy (non-hydrogen) atoms. The number of hydrogen-bond acceptors (Lipinski definition) is 4. The highest BCUT2D eigenvalue weighted by atomic mass is 32.2. The first-order valence-electron chi connectivity index (χ1n) is 13.3. The number of rotatable bonds is 12. The van der Waals surface area contributed by atoms with Gasteiger partial charge in [0.1, 0.15) is 6.04 Å². The van der Waals surface area contributed by atoms with Crippen LogP contribution in [-0.2, 0) is 26.2 Å². The highest BCUT2D eigenvalue weighted by Crippen LogP contribution is 2.22. The van der Waals surface area contributed by atoms with Gasteiger partial charge >= 0.3 is 0 Å². The van der Waals surface area contributed by atoms with Crippen molar-refractivity contribution in [2.45, 2.75) is 84.3 Å². The first kappa shape index (κ1) is 28.7. The minimum absolute atomic E-state index is 0.104. The smallest absolute Gasteiger partial charge is 0.243 e. The summed E-state index contributed by atoms with van der Waals surface area (Å²) >= 11 is 0. The van der Waals surface area contributed by atoms with E-state index in [4.69, 9.17) is 0 Å². The average molecular weight is 528 g/mol. The van der Waals surface area contributed by atoms with Gasteiger partial charge in [0, 0.05) is 25.6 Å². The van der Waals surface area contributed by atoms with Gasteiger partial charge in [0.05, 0.1) is 11.9 Å². The van der Waals surface area contributed by atoms with E-state index in [0.29, 0.717) is 25.1 Å². The number of benzene rings is 2. The van der Waals surface area contributed by atoms with Crippen molar-refractivity contribution in [3.8, 4) is 0 Å². The molecule has 2 aromatic rings. The molecule has 1 saturated carbocycles. The van der Waals surface area contributed by atoms with Gasteiger partial charge in [-0.2, -0.15) is 0 Å². The lowest BCUT2D eigenvalue weighted by molar-refractivity contribution is -0.141. The average Bonchev–Trinajstić information content (AvgIpc) is 3.33. The van der Waals surface area contributed by atoms with Crippen molar-refractivity contribution in [3.63, 3.8) is 0 Å². The Labute approximate surface area is 222 Å². The van der Waals surface area contributed by atoms with Crippen molar-refractivity contribution >= 4 is 27.5 Å². The summed E-state index contributed by atoms with van der Waals surface area (Å²) in [6, 6.07) is 14.9. The number of carbonyl (C=O) groups excluding carboxylic acids is 2. The summed E-state index contributed by atoms with van der Waals surface area (Å²) in [5, 5.41) is 3.16. The van der Waals surface area contributed by atoms with E-state index in [9.17, 15) is 18.0 Å². The minimum atomic E-state index is -3.51. The van der Waals surface area contributed by atoms with Crippen LogP contribution in [0.1, 0.15) is 68.6 Å². The molecule has 0 spiro atoms. The Kier molecular flexibility index (Phi) is 10.1. The maximum absolute atomic E-state index is 13.6. The monoisotopic (exact) mass is 527 g/mol. The third-order valence-electron chi connectivity index (χ3n) is 6.96. The zero-order valence-corrected chi connectivity index (χ0v) is 23.4. The Bertz CT molecular complexity index is 1180. The van der Waals surface area contributed by atoms with E-state index >= 15 is 0 Å². The molecule has 3 rings (SSSR count). The predicted molar refractivity (Wildman–Crippen MR) is 149 cm³/mol. The molecule has 0 heterocycles. The number of nitrogens with one attached hydrogen (secondary N) is 1. The Hall–Kier alpha value is -2.87. The Balaban J connectivity index is 1.76. The van der Waals surface area contributed by atoms with Gasteiger partial charge in [0.15, 0.2) is 0 Å². The van der Waals surface area contributed by atoms with Crippen LogP contribution in [0.3, 0.4) is 0 Å². The van der Waals surface area contributed by atoms with Crippen molar-refractivity contribution in [3.05, 3.63) is 65.2 Å². The molecule has 8 heteroatoms. The highest BCUT2D eigenvalue weighted by Gasteiger charge is 2.30. The predicted octanol–water partition coefficient (Wildman–Crippen LogP) is 4.72. The lowest BCUT2D eigenvalue weighted by Crippen LogP contribution is -2.51. The maximum atomic E-state index is 13.6. The van der Waals surface area contributed by atoms with E-state index < -0.39 is 16.1 Å². The Morgan fingerprint density at radius 1 is 1.03 bits per heavy atom.